The zero-order valence-electron chi connectivity index (χ0n) is 22.4. The molecule has 7 rings (SSSR count). The van der Waals surface area contributed by atoms with Gasteiger partial charge in [0.1, 0.15) is 27.3 Å². The van der Waals surface area contributed by atoms with E-state index < -0.39 is 51.3 Å². The monoisotopic (exact) mass is 578 g/mol. The Bertz CT molecular complexity index is 1450. The van der Waals surface area contributed by atoms with Crippen LogP contribution in [0, 0.1) is 17.8 Å². The van der Waals surface area contributed by atoms with Crippen molar-refractivity contribution in [1.82, 2.24) is 4.90 Å². The molecule has 3 atom stereocenters. The molecule has 3 aromatic carbocycles. The molecule has 3 amide bonds. The Morgan fingerprint density at radius 3 is 1.70 bits per heavy atom. The number of hydrogen-bond acceptors (Lipinski definition) is 5. The maximum atomic E-state index is 14.4. The van der Waals surface area contributed by atoms with Gasteiger partial charge in [-0.15, -0.1) is 23.2 Å². The van der Waals surface area contributed by atoms with Gasteiger partial charge in [-0.2, -0.15) is 0 Å². The van der Waals surface area contributed by atoms with Gasteiger partial charge >= 0.3 is 0 Å². The maximum absolute atomic E-state index is 14.4. The van der Waals surface area contributed by atoms with E-state index in [-0.39, 0.29) is 0 Å². The fourth-order valence-corrected chi connectivity index (χ4v) is 7.89. The predicted octanol–water partition coefficient (Wildman–Crippen LogP) is 5.26. The van der Waals surface area contributed by atoms with Crippen LogP contribution in [-0.4, -0.2) is 42.9 Å². The van der Waals surface area contributed by atoms with E-state index in [2.05, 4.69) is 5.32 Å². The molecule has 7 nitrogen and oxygen atoms in total. The summed E-state index contributed by atoms with van der Waals surface area (Å²) < 4.78 is 10.7. The number of benzene rings is 3. The van der Waals surface area contributed by atoms with E-state index in [4.69, 9.17) is 32.7 Å². The number of nitrogens with one attached hydrogen (secondary N) is 1. The molecule has 0 saturated carbocycles. The molecule has 1 saturated heterocycles. The summed E-state index contributed by atoms with van der Waals surface area (Å²) in [6, 6.07) is 18.8. The molecule has 0 unspecified atom stereocenters. The van der Waals surface area contributed by atoms with Crippen molar-refractivity contribution in [2.24, 2.45) is 17.8 Å². The molecule has 3 aliphatic carbocycles. The van der Waals surface area contributed by atoms with Crippen molar-refractivity contribution in [2.75, 3.05) is 19.5 Å². The van der Waals surface area contributed by atoms with Crippen molar-refractivity contribution in [2.45, 2.75) is 29.6 Å². The first-order valence-electron chi connectivity index (χ1n) is 13.1. The van der Waals surface area contributed by atoms with Crippen molar-refractivity contribution in [3.63, 3.8) is 0 Å². The number of amides is 3. The van der Waals surface area contributed by atoms with Crippen molar-refractivity contribution < 1.29 is 23.9 Å². The molecule has 4 aliphatic rings. The number of likely N-dealkylation sites (tertiary alicyclic amines) is 1. The lowest BCUT2D eigenvalue weighted by molar-refractivity contribution is -0.148. The molecule has 1 N–H and O–H groups in total. The number of methoxy groups -OCH3 is 2. The van der Waals surface area contributed by atoms with Gasteiger partial charge in [-0.1, -0.05) is 62.4 Å². The number of imide groups is 1. The van der Waals surface area contributed by atoms with Crippen molar-refractivity contribution in [1.29, 1.82) is 0 Å². The number of carbonyl (C=O) groups is 3. The van der Waals surface area contributed by atoms with Gasteiger partial charge in [-0.05, 0) is 40.3 Å². The van der Waals surface area contributed by atoms with Crippen LogP contribution in [0.4, 0.5) is 5.69 Å². The van der Waals surface area contributed by atoms with Crippen LogP contribution in [0.2, 0.25) is 0 Å². The summed E-state index contributed by atoms with van der Waals surface area (Å²) in [6.45, 7) is 3.59. The molecule has 0 aromatic heterocycles. The molecule has 1 fully saturated rings. The zero-order chi connectivity index (χ0) is 28.6. The molecule has 1 heterocycles. The number of nitrogens with zero attached hydrogens (tertiary/aromatic N) is 1. The van der Waals surface area contributed by atoms with Crippen LogP contribution in [-0.2, 0) is 24.1 Å². The van der Waals surface area contributed by atoms with E-state index >= 15 is 0 Å². The standard InChI is InChI=1S/C31H28Cl2N2O5/c1-16(2)26(27(36)34-22-14-13-17(39-3)15-23(22)40-4)35-28(37)24-25(29(35)38)31(33)19-10-6-5-9-18(19)30(24,32)20-11-7-8-12-21(20)31/h5-16,24-26H,1-4H3,(H,34,36)/t24-,25-,26-,30?,31?/m0/s1. The molecule has 0 spiro atoms. The first kappa shape index (κ1) is 26.7. The third kappa shape index (κ3) is 3.34. The van der Waals surface area contributed by atoms with Crippen molar-refractivity contribution >= 4 is 46.6 Å². The lowest BCUT2D eigenvalue weighted by atomic mass is 9.54. The molecule has 2 bridgehead atoms. The first-order chi connectivity index (χ1) is 19.1. The van der Waals surface area contributed by atoms with Gasteiger partial charge < -0.3 is 14.8 Å². The Kier molecular flexibility index (Phi) is 6.16. The minimum atomic E-state index is -1.31. The molecule has 40 heavy (non-hydrogen) atoms. The second-order valence-corrected chi connectivity index (χ2v) is 12.0. The highest BCUT2D eigenvalue weighted by Gasteiger charge is 2.73. The fraction of sp³-hybridized carbons (Fsp3) is 0.323. The number of halogens is 2. The Morgan fingerprint density at radius 1 is 0.825 bits per heavy atom. The van der Waals surface area contributed by atoms with E-state index in [1.807, 2.05) is 48.5 Å². The minimum Gasteiger partial charge on any atom is -0.497 e. The Labute approximate surface area is 242 Å². The summed E-state index contributed by atoms with van der Waals surface area (Å²) in [4.78, 5) is 41.0. The quantitative estimate of drug-likeness (QED) is 0.318. The minimum absolute atomic E-state index is 0.381. The molecule has 1 aliphatic heterocycles. The lowest BCUT2D eigenvalue weighted by Gasteiger charge is -2.54. The van der Waals surface area contributed by atoms with Crippen LogP contribution in [0.1, 0.15) is 36.1 Å². The third-order valence-electron chi connectivity index (χ3n) is 8.46. The Morgan fingerprint density at radius 2 is 1.30 bits per heavy atom. The molecular weight excluding hydrogens is 551 g/mol. The van der Waals surface area contributed by atoms with Crippen molar-refractivity contribution in [3.8, 4) is 11.5 Å². The molecular formula is C31H28Cl2N2O5. The predicted molar refractivity (Wildman–Crippen MR) is 152 cm³/mol. The first-order valence-corrected chi connectivity index (χ1v) is 13.8. The number of carbonyl (C=O) groups excluding carboxylic acids is 3. The van der Waals surface area contributed by atoms with Gasteiger partial charge in [0, 0.05) is 6.07 Å². The van der Waals surface area contributed by atoms with Gasteiger partial charge in [0.2, 0.25) is 17.7 Å². The van der Waals surface area contributed by atoms with E-state index in [0.717, 1.165) is 4.90 Å². The summed E-state index contributed by atoms with van der Waals surface area (Å²) in [5.74, 6) is -2.96. The summed E-state index contributed by atoms with van der Waals surface area (Å²) in [7, 11) is 3.01. The van der Waals surface area contributed by atoms with Gasteiger partial charge in [0.15, 0.2) is 0 Å². The number of anilines is 1. The molecule has 3 aromatic rings. The van der Waals surface area contributed by atoms with Crippen LogP contribution < -0.4 is 14.8 Å². The highest BCUT2D eigenvalue weighted by molar-refractivity contribution is 6.36. The highest BCUT2D eigenvalue weighted by atomic mass is 35.5. The zero-order valence-corrected chi connectivity index (χ0v) is 23.9. The highest BCUT2D eigenvalue weighted by Crippen LogP contribution is 2.69. The van der Waals surface area contributed by atoms with Crippen LogP contribution in [0.25, 0.3) is 0 Å². The average Bonchev–Trinajstić information content (AvgIpc) is 3.22. The van der Waals surface area contributed by atoms with E-state index in [9.17, 15) is 14.4 Å². The number of ether oxygens (including phenoxy) is 2. The van der Waals surface area contributed by atoms with E-state index in [1.54, 1.807) is 32.0 Å². The van der Waals surface area contributed by atoms with Crippen LogP contribution in [0.3, 0.4) is 0 Å². The fourth-order valence-electron chi connectivity index (χ4n) is 6.79. The topological polar surface area (TPSA) is 84.9 Å². The third-order valence-corrected chi connectivity index (χ3v) is 9.75. The largest absolute Gasteiger partial charge is 0.497 e. The molecule has 206 valence electrons. The SMILES string of the molecule is COc1ccc(NC(=O)[C@H](C(C)C)N2C(=O)[C@@H]3[C@@H](C2=O)C2(Cl)c4ccccc4C3(Cl)c3ccccc32)c(OC)c1. The summed E-state index contributed by atoms with van der Waals surface area (Å²) in [5, 5.41) is 2.85. The van der Waals surface area contributed by atoms with Gasteiger partial charge in [-0.3, -0.25) is 19.3 Å². The van der Waals surface area contributed by atoms with Gasteiger partial charge in [-0.25, -0.2) is 0 Å². The Hall–Kier alpha value is -3.55. The van der Waals surface area contributed by atoms with Crippen molar-refractivity contribution in [3.05, 3.63) is 89.0 Å². The normalized spacial score (nSPS) is 26.7. The maximum Gasteiger partial charge on any atom is 0.248 e. The summed E-state index contributed by atoms with van der Waals surface area (Å²) in [5.41, 5.74) is 3.23. The summed E-state index contributed by atoms with van der Waals surface area (Å²) >= 11 is 15.0. The van der Waals surface area contributed by atoms with Gasteiger partial charge in [0.25, 0.3) is 0 Å². The van der Waals surface area contributed by atoms with Crippen LogP contribution in [0.15, 0.2) is 66.7 Å². The smallest absolute Gasteiger partial charge is 0.248 e. The number of rotatable bonds is 6. The average molecular weight is 579 g/mol. The lowest BCUT2D eigenvalue weighted by Crippen LogP contribution is -2.57. The van der Waals surface area contributed by atoms with Crippen LogP contribution >= 0.6 is 23.2 Å². The molecule has 9 heteroatoms. The number of alkyl halides is 2. The molecule has 0 radical (unpaired) electrons. The van der Waals surface area contributed by atoms with E-state index in [1.165, 1.54) is 14.2 Å². The van der Waals surface area contributed by atoms with Gasteiger partial charge in [0.05, 0.1) is 31.7 Å². The number of hydrogen-bond donors (Lipinski definition) is 1. The van der Waals surface area contributed by atoms with E-state index in [0.29, 0.717) is 39.4 Å². The second-order valence-electron chi connectivity index (χ2n) is 10.8. The van der Waals surface area contributed by atoms with Crippen LogP contribution in [0.5, 0.6) is 11.5 Å². The second kappa shape index (κ2) is 9.25. The Balaban J connectivity index is 1.45. The summed E-state index contributed by atoms with van der Waals surface area (Å²) in [6.07, 6.45) is 0.